The van der Waals surface area contributed by atoms with Crippen LogP contribution >= 0.6 is 0 Å². The van der Waals surface area contributed by atoms with E-state index in [1.807, 2.05) is 62.4 Å². The van der Waals surface area contributed by atoms with Crippen LogP contribution in [0.1, 0.15) is 44.7 Å². The van der Waals surface area contributed by atoms with E-state index in [1.54, 1.807) is 0 Å². The molecule has 0 amide bonds. The zero-order chi connectivity index (χ0) is 14.5. The van der Waals surface area contributed by atoms with Gasteiger partial charge in [-0.05, 0) is 19.4 Å². The van der Waals surface area contributed by atoms with E-state index >= 15 is 0 Å². The minimum absolute atomic E-state index is 0.0203. The van der Waals surface area contributed by atoms with Gasteiger partial charge in [0.05, 0.1) is 0 Å². The van der Waals surface area contributed by atoms with Crippen LogP contribution in [0, 0.1) is 13.8 Å². The molecule has 2 heteroatoms. The quantitative estimate of drug-likeness (QED) is 0.762. The lowest BCUT2D eigenvalue weighted by atomic mass is 9.98. The predicted octanol–water partition coefficient (Wildman–Crippen LogP) is 4.15. The molecule has 0 unspecified atom stereocenters. The fourth-order valence-corrected chi connectivity index (χ4v) is 2.13. The van der Waals surface area contributed by atoms with Crippen molar-refractivity contribution in [1.29, 1.82) is 0 Å². The van der Waals surface area contributed by atoms with Crippen LogP contribution in [-0.4, -0.2) is 11.6 Å². The smallest absolute Gasteiger partial charge is 0.163 e. The lowest BCUT2D eigenvalue weighted by Crippen LogP contribution is -2.06. The molecule has 0 atom stereocenters. The van der Waals surface area contributed by atoms with Crippen molar-refractivity contribution in [3.8, 4) is 0 Å². The Morgan fingerprint density at radius 1 is 0.800 bits per heavy atom. The summed E-state index contributed by atoms with van der Waals surface area (Å²) in [6.45, 7) is 3.89. The van der Waals surface area contributed by atoms with Crippen molar-refractivity contribution < 1.29 is 9.59 Å². The van der Waals surface area contributed by atoms with Crippen LogP contribution in [0.15, 0.2) is 48.5 Å². The van der Waals surface area contributed by atoms with Gasteiger partial charge >= 0.3 is 0 Å². The van der Waals surface area contributed by atoms with Gasteiger partial charge in [0.15, 0.2) is 11.6 Å². The molecule has 2 aromatic rings. The van der Waals surface area contributed by atoms with E-state index in [1.165, 1.54) is 0 Å². The minimum atomic E-state index is 0.0203. The van der Waals surface area contributed by atoms with E-state index in [0.29, 0.717) is 11.1 Å². The van der Waals surface area contributed by atoms with Crippen LogP contribution in [0.3, 0.4) is 0 Å². The van der Waals surface area contributed by atoms with Gasteiger partial charge in [-0.2, -0.15) is 0 Å². The topological polar surface area (TPSA) is 34.1 Å². The number of hydrogen-bond donors (Lipinski definition) is 0. The van der Waals surface area contributed by atoms with Crippen LogP contribution in [0.25, 0.3) is 0 Å². The fraction of sp³-hybridized carbons (Fsp3) is 0.222. The average Bonchev–Trinajstić information content (AvgIpc) is 2.45. The molecule has 0 saturated carbocycles. The van der Waals surface area contributed by atoms with Gasteiger partial charge < -0.3 is 0 Å². The van der Waals surface area contributed by atoms with E-state index < -0.39 is 0 Å². The molecule has 0 aliphatic heterocycles. The maximum absolute atomic E-state index is 12.1. The monoisotopic (exact) mass is 266 g/mol. The van der Waals surface area contributed by atoms with Crippen LogP contribution < -0.4 is 0 Å². The molecule has 0 heterocycles. The van der Waals surface area contributed by atoms with Gasteiger partial charge in [-0.1, -0.05) is 54.1 Å². The standard InChI is InChI=1S/C18H18O2/c1-13-7-9-15(10-8-13)17(19)11-12-18(20)16-6-4-3-5-14(16)2/h3-10H,11-12H2,1-2H3. The van der Waals surface area contributed by atoms with Crippen LogP contribution in [0.4, 0.5) is 0 Å². The maximum Gasteiger partial charge on any atom is 0.163 e. The Bertz CT molecular complexity index is 624. The summed E-state index contributed by atoms with van der Waals surface area (Å²) in [5.74, 6) is 0.0514. The molecule has 0 spiro atoms. The molecule has 0 fully saturated rings. The number of hydrogen-bond acceptors (Lipinski definition) is 2. The summed E-state index contributed by atoms with van der Waals surface area (Å²) >= 11 is 0. The molecule has 0 N–H and O–H groups in total. The molecule has 102 valence electrons. The highest BCUT2D eigenvalue weighted by atomic mass is 16.1. The van der Waals surface area contributed by atoms with E-state index in [9.17, 15) is 9.59 Å². The molecule has 20 heavy (non-hydrogen) atoms. The molecule has 0 saturated heterocycles. The van der Waals surface area contributed by atoms with Gasteiger partial charge in [0.1, 0.15) is 0 Å². The Kier molecular flexibility index (Phi) is 4.46. The zero-order valence-electron chi connectivity index (χ0n) is 11.8. The second-order valence-electron chi connectivity index (χ2n) is 5.03. The summed E-state index contributed by atoms with van der Waals surface area (Å²) in [6, 6.07) is 14.9. The zero-order valence-corrected chi connectivity index (χ0v) is 11.8. The SMILES string of the molecule is Cc1ccc(C(=O)CCC(=O)c2ccccc2C)cc1. The van der Waals surface area contributed by atoms with Crippen LogP contribution in [0.5, 0.6) is 0 Å². The molecule has 2 rings (SSSR count). The van der Waals surface area contributed by atoms with Crippen molar-refractivity contribution in [2.45, 2.75) is 26.7 Å². The lowest BCUT2D eigenvalue weighted by Gasteiger charge is -2.04. The highest BCUT2D eigenvalue weighted by Gasteiger charge is 2.12. The van der Waals surface area contributed by atoms with E-state index in [2.05, 4.69) is 0 Å². The average molecular weight is 266 g/mol. The van der Waals surface area contributed by atoms with Crippen LogP contribution in [0.2, 0.25) is 0 Å². The summed E-state index contributed by atoms with van der Waals surface area (Å²) in [5, 5.41) is 0. The summed E-state index contributed by atoms with van der Waals surface area (Å²) in [5.41, 5.74) is 3.47. The van der Waals surface area contributed by atoms with Crippen molar-refractivity contribution in [3.05, 3.63) is 70.8 Å². The third kappa shape index (κ3) is 3.41. The Labute approximate surface area is 119 Å². The highest BCUT2D eigenvalue weighted by molar-refractivity contribution is 6.02. The number of ketones is 2. The highest BCUT2D eigenvalue weighted by Crippen LogP contribution is 2.13. The van der Waals surface area contributed by atoms with Crippen molar-refractivity contribution in [2.24, 2.45) is 0 Å². The summed E-state index contributed by atoms with van der Waals surface area (Å²) < 4.78 is 0. The van der Waals surface area contributed by atoms with Gasteiger partial charge in [-0.25, -0.2) is 0 Å². The number of Topliss-reactive ketones (excluding diaryl/α,β-unsaturated/α-hetero) is 2. The Morgan fingerprint density at radius 3 is 2.05 bits per heavy atom. The van der Waals surface area contributed by atoms with Gasteiger partial charge in [-0.3, -0.25) is 9.59 Å². The Balaban J connectivity index is 1.99. The van der Waals surface area contributed by atoms with Gasteiger partial charge in [0.2, 0.25) is 0 Å². The summed E-state index contributed by atoms with van der Waals surface area (Å²) in [6.07, 6.45) is 0.522. The van der Waals surface area contributed by atoms with Crippen molar-refractivity contribution in [1.82, 2.24) is 0 Å². The second kappa shape index (κ2) is 6.29. The molecule has 0 radical (unpaired) electrons. The second-order valence-corrected chi connectivity index (χ2v) is 5.03. The molecular formula is C18H18O2. The third-order valence-electron chi connectivity index (χ3n) is 3.40. The molecule has 2 aromatic carbocycles. The summed E-state index contributed by atoms with van der Waals surface area (Å²) in [4.78, 5) is 24.1. The first-order valence-electron chi connectivity index (χ1n) is 6.76. The first-order chi connectivity index (χ1) is 9.58. The van der Waals surface area contributed by atoms with Gasteiger partial charge in [0, 0.05) is 24.0 Å². The largest absolute Gasteiger partial charge is 0.294 e. The molecule has 0 aliphatic carbocycles. The molecular weight excluding hydrogens is 248 g/mol. The fourth-order valence-electron chi connectivity index (χ4n) is 2.13. The lowest BCUT2D eigenvalue weighted by molar-refractivity contribution is 0.0917. The molecule has 0 aliphatic rings. The maximum atomic E-state index is 12.1. The number of rotatable bonds is 5. The van der Waals surface area contributed by atoms with Gasteiger partial charge in [0.25, 0.3) is 0 Å². The predicted molar refractivity (Wildman–Crippen MR) is 80.3 cm³/mol. The van der Waals surface area contributed by atoms with Crippen molar-refractivity contribution >= 4 is 11.6 Å². The van der Waals surface area contributed by atoms with E-state index in [4.69, 9.17) is 0 Å². The third-order valence-corrected chi connectivity index (χ3v) is 3.40. The molecule has 0 aromatic heterocycles. The van der Waals surface area contributed by atoms with Crippen LogP contribution in [-0.2, 0) is 0 Å². The Morgan fingerprint density at radius 2 is 1.40 bits per heavy atom. The van der Waals surface area contributed by atoms with E-state index in [-0.39, 0.29) is 24.4 Å². The number of aryl methyl sites for hydroxylation is 2. The Hall–Kier alpha value is -2.22. The normalized spacial score (nSPS) is 10.3. The molecule has 2 nitrogen and oxygen atoms in total. The summed E-state index contributed by atoms with van der Waals surface area (Å²) in [7, 11) is 0. The van der Waals surface area contributed by atoms with Gasteiger partial charge in [-0.15, -0.1) is 0 Å². The number of carbonyl (C=O) groups is 2. The minimum Gasteiger partial charge on any atom is -0.294 e. The van der Waals surface area contributed by atoms with Crippen molar-refractivity contribution in [2.75, 3.05) is 0 Å². The number of carbonyl (C=O) groups excluding carboxylic acids is 2. The molecule has 0 bridgehead atoms. The van der Waals surface area contributed by atoms with Crippen molar-refractivity contribution in [3.63, 3.8) is 0 Å². The first kappa shape index (κ1) is 14.2. The number of benzene rings is 2. The first-order valence-corrected chi connectivity index (χ1v) is 6.76. The van der Waals surface area contributed by atoms with E-state index in [0.717, 1.165) is 11.1 Å².